The average Bonchev–Trinajstić information content (AvgIpc) is 2.46. The molecular formula is C16H17F2NO2. The summed E-state index contributed by atoms with van der Waals surface area (Å²) < 4.78 is 32.0. The fraction of sp³-hybridized carbons (Fsp3) is 0.250. The molecule has 3 nitrogen and oxygen atoms in total. The number of hydrogen-bond acceptors (Lipinski definition) is 3. The van der Waals surface area contributed by atoms with E-state index in [4.69, 9.17) is 4.74 Å². The van der Waals surface area contributed by atoms with Gasteiger partial charge in [0.1, 0.15) is 17.4 Å². The highest BCUT2D eigenvalue weighted by Crippen LogP contribution is 2.32. The molecule has 0 aliphatic rings. The molecule has 2 aromatic rings. The first-order valence-electron chi connectivity index (χ1n) is 6.47. The number of para-hydroxylation sites is 2. The SMILES string of the molecule is COc1ccccc1NC(C)(CO)c1cc(F)cc(F)c1. The van der Waals surface area contributed by atoms with Crippen LogP contribution in [0, 0.1) is 11.6 Å². The summed E-state index contributed by atoms with van der Waals surface area (Å²) in [5, 5.41) is 12.8. The van der Waals surface area contributed by atoms with Crippen LogP contribution in [0.1, 0.15) is 12.5 Å². The summed E-state index contributed by atoms with van der Waals surface area (Å²) in [7, 11) is 1.53. The van der Waals surface area contributed by atoms with E-state index >= 15 is 0 Å². The van der Waals surface area contributed by atoms with Crippen molar-refractivity contribution in [1.29, 1.82) is 0 Å². The van der Waals surface area contributed by atoms with E-state index in [2.05, 4.69) is 5.32 Å². The quantitative estimate of drug-likeness (QED) is 0.889. The summed E-state index contributed by atoms with van der Waals surface area (Å²) in [6.07, 6.45) is 0. The van der Waals surface area contributed by atoms with Gasteiger partial charge in [-0.3, -0.25) is 0 Å². The Kier molecular flexibility index (Phi) is 4.43. The van der Waals surface area contributed by atoms with Gasteiger partial charge in [-0.05, 0) is 36.8 Å². The minimum absolute atomic E-state index is 0.313. The van der Waals surface area contributed by atoms with Gasteiger partial charge in [-0.25, -0.2) is 8.78 Å². The molecule has 0 radical (unpaired) electrons. The van der Waals surface area contributed by atoms with E-state index in [1.54, 1.807) is 25.1 Å². The highest BCUT2D eigenvalue weighted by atomic mass is 19.1. The van der Waals surface area contributed by atoms with Crippen LogP contribution in [-0.2, 0) is 5.54 Å². The average molecular weight is 293 g/mol. The Hall–Kier alpha value is -2.14. The van der Waals surface area contributed by atoms with Crippen molar-refractivity contribution in [2.75, 3.05) is 19.0 Å². The number of benzene rings is 2. The van der Waals surface area contributed by atoms with Crippen LogP contribution in [0.3, 0.4) is 0 Å². The molecule has 2 rings (SSSR count). The predicted molar refractivity (Wildman–Crippen MR) is 77.4 cm³/mol. The van der Waals surface area contributed by atoms with Crippen molar-refractivity contribution in [3.05, 3.63) is 59.7 Å². The van der Waals surface area contributed by atoms with E-state index < -0.39 is 17.2 Å². The van der Waals surface area contributed by atoms with Crippen LogP contribution in [0.5, 0.6) is 5.75 Å². The lowest BCUT2D eigenvalue weighted by Crippen LogP contribution is -2.36. The van der Waals surface area contributed by atoms with E-state index in [0.717, 1.165) is 6.07 Å². The summed E-state index contributed by atoms with van der Waals surface area (Å²) in [5.41, 5.74) is -0.105. The van der Waals surface area contributed by atoms with Crippen molar-refractivity contribution >= 4 is 5.69 Å². The second kappa shape index (κ2) is 6.10. The number of anilines is 1. The Morgan fingerprint density at radius 3 is 2.33 bits per heavy atom. The largest absolute Gasteiger partial charge is 0.495 e. The smallest absolute Gasteiger partial charge is 0.141 e. The van der Waals surface area contributed by atoms with Gasteiger partial charge in [0.2, 0.25) is 0 Å². The molecule has 0 amide bonds. The van der Waals surface area contributed by atoms with Gasteiger partial charge in [-0.2, -0.15) is 0 Å². The van der Waals surface area contributed by atoms with Crippen molar-refractivity contribution in [3.8, 4) is 5.75 Å². The Morgan fingerprint density at radius 2 is 1.76 bits per heavy atom. The van der Waals surface area contributed by atoms with Gasteiger partial charge in [0.25, 0.3) is 0 Å². The van der Waals surface area contributed by atoms with Crippen LogP contribution < -0.4 is 10.1 Å². The first kappa shape index (κ1) is 15.3. The topological polar surface area (TPSA) is 41.5 Å². The van der Waals surface area contributed by atoms with E-state index in [0.29, 0.717) is 17.0 Å². The fourth-order valence-electron chi connectivity index (χ4n) is 2.12. The zero-order valence-electron chi connectivity index (χ0n) is 11.9. The predicted octanol–water partition coefficient (Wildman–Crippen LogP) is 3.29. The van der Waals surface area contributed by atoms with Crippen LogP contribution >= 0.6 is 0 Å². The van der Waals surface area contributed by atoms with Gasteiger partial charge in [0, 0.05) is 6.07 Å². The first-order chi connectivity index (χ1) is 9.98. The lowest BCUT2D eigenvalue weighted by Gasteiger charge is -2.31. The van der Waals surface area contributed by atoms with E-state index in [1.165, 1.54) is 19.2 Å². The zero-order valence-corrected chi connectivity index (χ0v) is 11.9. The van der Waals surface area contributed by atoms with Crippen molar-refractivity contribution in [2.24, 2.45) is 0 Å². The molecule has 0 aliphatic heterocycles. The van der Waals surface area contributed by atoms with Gasteiger partial charge in [-0.15, -0.1) is 0 Å². The number of nitrogens with one attached hydrogen (secondary N) is 1. The summed E-state index contributed by atoms with van der Waals surface area (Å²) in [6, 6.07) is 10.3. The van der Waals surface area contributed by atoms with Gasteiger partial charge in [0.05, 0.1) is 24.9 Å². The molecule has 5 heteroatoms. The monoisotopic (exact) mass is 293 g/mol. The summed E-state index contributed by atoms with van der Waals surface area (Å²) in [4.78, 5) is 0. The minimum atomic E-state index is -1.04. The molecule has 1 atom stereocenters. The molecule has 0 spiro atoms. The van der Waals surface area contributed by atoms with Crippen LogP contribution in [0.2, 0.25) is 0 Å². The van der Waals surface area contributed by atoms with Crippen LogP contribution in [0.25, 0.3) is 0 Å². The molecule has 2 N–H and O–H groups in total. The van der Waals surface area contributed by atoms with Gasteiger partial charge < -0.3 is 15.2 Å². The van der Waals surface area contributed by atoms with Crippen LogP contribution in [0.15, 0.2) is 42.5 Å². The van der Waals surface area contributed by atoms with Crippen molar-refractivity contribution in [1.82, 2.24) is 0 Å². The summed E-state index contributed by atoms with van der Waals surface area (Å²) in [6.45, 7) is 1.32. The molecule has 1 unspecified atom stereocenters. The third kappa shape index (κ3) is 3.31. The first-order valence-corrected chi connectivity index (χ1v) is 6.47. The molecule has 0 bridgehead atoms. The van der Waals surface area contributed by atoms with Crippen molar-refractivity contribution in [2.45, 2.75) is 12.5 Å². The molecule has 0 saturated heterocycles. The molecule has 2 aromatic carbocycles. The van der Waals surface area contributed by atoms with E-state index in [-0.39, 0.29) is 6.61 Å². The van der Waals surface area contributed by atoms with E-state index in [9.17, 15) is 13.9 Å². The Labute approximate surface area is 122 Å². The number of halogens is 2. The summed E-state index contributed by atoms with van der Waals surface area (Å²) in [5.74, 6) is -0.799. The molecule has 112 valence electrons. The maximum Gasteiger partial charge on any atom is 0.141 e. The minimum Gasteiger partial charge on any atom is -0.495 e. The number of methoxy groups -OCH3 is 1. The maximum atomic E-state index is 13.4. The Bertz CT molecular complexity index is 613. The third-order valence-corrected chi connectivity index (χ3v) is 3.33. The standard InChI is InChI=1S/C16H17F2NO2/c1-16(10-20,11-7-12(17)9-13(18)8-11)19-14-5-3-4-6-15(14)21-2/h3-9,19-20H,10H2,1-2H3. The lowest BCUT2D eigenvalue weighted by molar-refractivity contribution is 0.223. The number of aliphatic hydroxyl groups excluding tert-OH is 1. The van der Waals surface area contributed by atoms with E-state index in [1.807, 2.05) is 6.07 Å². The zero-order chi connectivity index (χ0) is 15.5. The molecule has 0 aromatic heterocycles. The second-order valence-electron chi connectivity index (χ2n) is 4.97. The highest BCUT2D eigenvalue weighted by Gasteiger charge is 2.28. The number of ether oxygens (including phenoxy) is 1. The molecule has 0 aliphatic carbocycles. The Balaban J connectivity index is 2.41. The van der Waals surface area contributed by atoms with Gasteiger partial charge in [-0.1, -0.05) is 12.1 Å². The third-order valence-electron chi connectivity index (χ3n) is 3.33. The second-order valence-corrected chi connectivity index (χ2v) is 4.97. The molecule has 21 heavy (non-hydrogen) atoms. The summed E-state index contributed by atoms with van der Waals surface area (Å²) >= 11 is 0. The number of hydrogen-bond donors (Lipinski definition) is 2. The molecule has 0 saturated carbocycles. The van der Waals surface area contributed by atoms with Crippen LogP contribution in [0.4, 0.5) is 14.5 Å². The fourth-order valence-corrected chi connectivity index (χ4v) is 2.12. The maximum absolute atomic E-state index is 13.4. The highest BCUT2D eigenvalue weighted by molar-refractivity contribution is 5.58. The molecular weight excluding hydrogens is 276 g/mol. The molecule has 0 fully saturated rings. The lowest BCUT2D eigenvalue weighted by atomic mass is 9.92. The van der Waals surface area contributed by atoms with Crippen LogP contribution in [-0.4, -0.2) is 18.8 Å². The van der Waals surface area contributed by atoms with Crippen molar-refractivity contribution < 1.29 is 18.6 Å². The normalized spacial score (nSPS) is 13.6. The van der Waals surface area contributed by atoms with Gasteiger partial charge in [0.15, 0.2) is 0 Å². The van der Waals surface area contributed by atoms with Crippen molar-refractivity contribution in [3.63, 3.8) is 0 Å². The number of rotatable bonds is 5. The van der Waals surface area contributed by atoms with Gasteiger partial charge >= 0.3 is 0 Å². The Morgan fingerprint density at radius 1 is 1.14 bits per heavy atom. The molecule has 0 heterocycles. The number of aliphatic hydroxyl groups is 1.